The van der Waals surface area contributed by atoms with Crippen LogP contribution < -0.4 is 10.6 Å². The molecule has 134 valence electrons. The van der Waals surface area contributed by atoms with Crippen LogP contribution in [-0.4, -0.2) is 14.9 Å². The Morgan fingerprint density at radius 2 is 1.85 bits per heavy atom. The van der Waals surface area contributed by atoms with E-state index in [4.69, 9.17) is 35.4 Å². The van der Waals surface area contributed by atoms with Crippen molar-refractivity contribution in [3.8, 4) is 0 Å². The normalized spacial score (nSPS) is 10.6. The van der Waals surface area contributed by atoms with E-state index in [0.717, 1.165) is 0 Å². The summed E-state index contributed by atoms with van der Waals surface area (Å²) < 4.78 is 28.5. The molecule has 0 radical (unpaired) electrons. The lowest BCUT2D eigenvalue weighted by molar-refractivity contribution is 0.586. The molecule has 2 N–H and O–H groups in total. The molecule has 0 atom stereocenters. The second kappa shape index (κ2) is 7.99. The predicted molar refractivity (Wildman–Crippen MR) is 104 cm³/mol. The van der Waals surface area contributed by atoms with Crippen molar-refractivity contribution in [2.45, 2.75) is 6.54 Å². The van der Waals surface area contributed by atoms with Gasteiger partial charge in [0.1, 0.15) is 16.7 Å². The second-order valence-corrected chi connectivity index (χ2v) is 6.54. The van der Waals surface area contributed by atoms with Crippen molar-refractivity contribution in [3.63, 3.8) is 0 Å². The largest absolute Gasteiger partial charge is 0.332 e. The third-order valence-corrected chi connectivity index (χ3v) is 4.25. The lowest BCUT2D eigenvalue weighted by Crippen LogP contribution is -2.19. The molecule has 0 amide bonds. The summed E-state index contributed by atoms with van der Waals surface area (Å²) in [5, 5.41) is 10.7. The van der Waals surface area contributed by atoms with Gasteiger partial charge in [0.25, 0.3) is 0 Å². The van der Waals surface area contributed by atoms with Gasteiger partial charge in [0.2, 0.25) is 0 Å². The van der Waals surface area contributed by atoms with Gasteiger partial charge in [-0.25, -0.2) is 8.78 Å². The summed E-state index contributed by atoms with van der Waals surface area (Å²) in [7, 11) is 0. The van der Waals surface area contributed by atoms with Crippen LogP contribution in [0.25, 0.3) is 0 Å². The molecule has 0 unspecified atom stereocenters. The Bertz CT molecular complexity index is 941. The molecule has 2 aromatic carbocycles. The SMILES string of the molecule is Fc1cccc(NC(=S)Nc2nn(Cc3c(F)cccc3Cl)cc2Cl)c1. The average molecular weight is 413 g/mol. The summed E-state index contributed by atoms with van der Waals surface area (Å²) in [5.41, 5.74) is 0.788. The maximum atomic E-state index is 13.9. The molecule has 0 aliphatic rings. The zero-order valence-corrected chi connectivity index (χ0v) is 15.5. The number of hydrogen-bond acceptors (Lipinski definition) is 2. The van der Waals surface area contributed by atoms with Gasteiger partial charge in [0.15, 0.2) is 10.9 Å². The number of nitrogens with zero attached hydrogens (tertiary/aromatic N) is 2. The van der Waals surface area contributed by atoms with E-state index in [0.29, 0.717) is 21.3 Å². The van der Waals surface area contributed by atoms with Gasteiger partial charge in [-0.1, -0.05) is 35.3 Å². The lowest BCUT2D eigenvalue weighted by Gasteiger charge is -2.09. The first-order valence-corrected chi connectivity index (χ1v) is 8.58. The molecular formula is C17H12Cl2F2N4S. The Labute approximate surface area is 163 Å². The van der Waals surface area contributed by atoms with Crippen molar-refractivity contribution < 1.29 is 8.78 Å². The van der Waals surface area contributed by atoms with Gasteiger partial charge in [-0.05, 0) is 42.5 Å². The molecule has 1 aromatic heterocycles. The molecule has 26 heavy (non-hydrogen) atoms. The Balaban J connectivity index is 1.71. The van der Waals surface area contributed by atoms with Crippen LogP contribution in [0.2, 0.25) is 10.0 Å². The monoisotopic (exact) mass is 412 g/mol. The number of thiocarbonyl (C=S) groups is 1. The molecule has 0 aliphatic heterocycles. The summed E-state index contributed by atoms with van der Waals surface area (Å²) >= 11 is 17.3. The first kappa shape index (κ1) is 18.6. The summed E-state index contributed by atoms with van der Waals surface area (Å²) in [6.07, 6.45) is 1.53. The van der Waals surface area contributed by atoms with Crippen LogP contribution in [0, 0.1) is 11.6 Å². The number of rotatable bonds is 4. The third kappa shape index (κ3) is 4.49. The van der Waals surface area contributed by atoms with Gasteiger partial charge in [0, 0.05) is 22.5 Å². The maximum Gasteiger partial charge on any atom is 0.176 e. The van der Waals surface area contributed by atoms with Crippen LogP contribution in [0.15, 0.2) is 48.7 Å². The molecule has 0 bridgehead atoms. The van der Waals surface area contributed by atoms with E-state index in [2.05, 4.69) is 15.7 Å². The third-order valence-electron chi connectivity index (χ3n) is 3.41. The number of aromatic nitrogens is 2. The maximum absolute atomic E-state index is 13.9. The average Bonchev–Trinajstić information content (AvgIpc) is 2.90. The van der Waals surface area contributed by atoms with Crippen molar-refractivity contribution >= 4 is 52.0 Å². The number of hydrogen-bond donors (Lipinski definition) is 2. The zero-order chi connectivity index (χ0) is 18.7. The highest BCUT2D eigenvalue weighted by atomic mass is 35.5. The summed E-state index contributed by atoms with van der Waals surface area (Å²) in [6, 6.07) is 10.3. The molecule has 0 fully saturated rings. The fourth-order valence-electron chi connectivity index (χ4n) is 2.24. The van der Waals surface area contributed by atoms with E-state index in [1.54, 1.807) is 18.2 Å². The highest BCUT2D eigenvalue weighted by molar-refractivity contribution is 7.80. The lowest BCUT2D eigenvalue weighted by atomic mass is 10.2. The minimum absolute atomic E-state index is 0.108. The van der Waals surface area contributed by atoms with Crippen LogP contribution >= 0.6 is 35.4 Å². The number of benzene rings is 2. The molecule has 3 rings (SSSR count). The Morgan fingerprint density at radius 1 is 1.08 bits per heavy atom. The molecule has 0 saturated heterocycles. The van der Waals surface area contributed by atoms with Crippen molar-refractivity contribution in [3.05, 3.63) is 75.9 Å². The van der Waals surface area contributed by atoms with E-state index < -0.39 is 5.82 Å². The van der Waals surface area contributed by atoms with Crippen LogP contribution in [0.4, 0.5) is 20.3 Å². The Hall–Kier alpha value is -2.22. The smallest absolute Gasteiger partial charge is 0.176 e. The summed E-state index contributed by atoms with van der Waals surface area (Å²) in [6.45, 7) is 0.108. The van der Waals surface area contributed by atoms with Crippen LogP contribution in [0.1, 0.15) is 5.56 Å². The van der Waals surface area contributed by atoms with E-state index >= 15 is 0 Å². The number of anilines is 2. The minimum Gasteiger partial charge on any atom is -0.332 e. The van der Waals surface area contributed by atoms with E-state index in [1.165, 1.54) is 35.1 Å². The molecule has 0 aliphatic carbocycles. The Kier molecular flexibility index (Phi) is 5.70. The van der Waals surface area contributed by atoms with Crippen molar-refractivity contribution in [2.75, 3.05) is 10.6 Å². The van der Waals surface area contributed by atoms with Gasteiger partial charge >= 0.3 is 0 Å². The van der Waals surface area contributed by atoms with Gasteiger partial charge in [-0.15, -0.1) is 0 Å². The first-order chi connectivity index (χ1) is 12.4. The fourth-order valence-corrected chi connectivity index (χ4v) is 2.88. The van der Waals surface area contributed by atoms with Gasteiger partial charge in [0.05, 0.1) is 6.54 Å². The fraction of sp³-hybridized carbons (Fsp3) is 0.0588. The van der Waals surface area contributed by atoms with Crippen molar-refractivity contribution in [1.82, 2.24) is 9.78 Å². The number of halogens is 4. The van der Waals surface area contributed by atoms with Crippen LogP contribution in [-0.2, 0) is 6.54 Å². The van der Waals surface area contributed by atoms with Gasteiger partial charge in [-0.3, -0.25) is 4.68 Å². The van der Waals surface area contributed by atoms with E-state index in [-0.39, 0.29) is 23.3 Å². The summed E-state index contributed by atoms with van der Waals surface area (Å²) in [5.74, 6) is -0.531. The second-order valence-electron chi connectivity index (χ2n) is 5.31. The quantitative estimate of drug-likeness (QED) is 0.568. The molecule has 3 aromatic rings. The molecule has 0 saturated carbocycles. The molecule has 4 nitrogen and oxygen atoms in total. The zero-order valence-electron chi connectivity index (χ0n) is 13.1. The highest BCUT2D eigenvalue weighted by Gasteiger charge is 2.12. The minimum atomic E-state index is -0.429. The predicted octanol–water partition coefficient (Wildman–Crippen LogP) is 5.33. The topological polar surface area (TPSA) is 41.9 Å². The highest BCUT2D eigenvalue weighted by Crippen LogP contribution is 2.24. The standard InChI is InChI=1S/C17H12Cl2F2N4S/c18-13-5-2-6-15(21)12(13)8-25-9-14(19)16(24-25)23-17(26)22-11-4-1-3-10(20)7-11/h1-7,9H,8H2,(H2,22,23,24,26). The molecule has 9 heteroatoms. The van der Waals surface area contributed by atoms with Crippen LogP contribution in [0.3, 0.4) is 0 Å². The molecule has 1 heterocycles. The number of nitrogens with one attached hydrogen (secondary N) is 2. The van der Waals surface area contributed by atoms with Crippen molar-refractivity contribution in [2.24, 2.45) is 0 Å². The van der Waals surface area contributed by atoms with Gasteiger partial charge in [-0.2, -0.15) is 5.10 Å². The Morgan fingerprint density at radius 3 is 2.58 bits per heavy atom. The molecule has 0 spiro atoms. The van der Waals surface area contributed by atoms with E-state index in [1.807, 2.05) is 0 Å². The summed E-state index contributed by atoms with van der Waals surface area (Å²) in [4.78, 5) is 0. The first-order valence-electron chi connectivity index (χ1n) is 7.42. The van der Waals surface area contributed by atoms with Crippen molar-refractivity contribution in [1.29, 1.82) is 0 Å². The molecular weight excluding hydrogens is 401 g/mol. The van der Waals surface area contributed by atoms with Gasteiger partial charge < -0.3 is 10.6 Å². The van der Waals surface area contributed by atoms with E-state index in [9.17, 15) is 8.78 Å². The van der Waals surface area contributed by atoms with Crippen LogP contribution in [0.5, 0.6) is 0 Å².